The van der Waals surface area contributed by atoms with Gasteiger partial charge < -0.3 is 0 Å². The van der Waals surface area contributed by atoms with E-state index in [0.29, 0.717) is 5.25 Å². The van der Waals surface area contributed by atoms with Crippen LogP contribution in [-0.4, -0.2) is 13.3 Å². The molecule has 5 aromatic carbocycles. The summed E-state index contributed by atoms with van der Waals surface area (Å²) < 4.78 is 1.11. The van der Waals surface area contributed by atoms with Crippen molar-refractivity contribution in [3.05, 3.63) is 156 Å². The fourth-order valence-corrected chi connectivity index (χ4v) is 13.4. The van der Waals surface area contributed by atoms with Crippen molar-refractivity contribution in [3.63, 3.8) is 0 Å². The number of halogens is 1. The molecule has 0 aromatic heterocycles. The molecule has 39 heavy (non-hydrogen) atoms. The molecule has 0 nitrogen and oxygen atoms in total. The standard InChI is InChI=1S/C36H27BrSSi/c37-26-13-11-18-29(25-26)39(27-14-3-1-4-15-27,28-16-5-2-6-17-28)35-24-10-8-20-31(35)33-22-12-21-32-30-19-7-9-23-34(30)38-36(32)33/h1-22,24-25,34H,23H2/q-1. The zero-order valence-electron chi connectivity index (χ0n) is 21.4. The van der Waals surface area contributed by atoms with E-state index in [2.05, 4.69) is 162 Å². The molecule has 3 heteroatoms. The third-order valence-corrected chi connectivity index (χ3v) is 14.7. The van der Waals surface area contributed by atoms with Crippen LogP contribution in [0.2, 0.25) is 0 Å². The number of hydrogen-bond acceptors (Lipinski definition) is 1. The van der Waals surface area contributed by atoms with Crippen LogP contribution in [0.1, 0.15) is 12.0 Å². The highest BCUT2D eigenvalue weighted by Crippen LogP contribution is 2.51. The van der Waals surface area contributed by atoms with Crippen molar-refractivity contribution in [2.45, 2.75) is 16.6 Å². The van der Waals surface area contributed by atoms with Crippen molar-refractivity contribution in [2.75, 3.05) is 0 Å². The average Bonchev–Trinajstić information content (AvgIpc) is 3.38. The van der Waals surface area contributed by atoms with E-state index in [4.69, 9.17) is 0 Å². The van der Waals surface area contributed by atoms with Crippen LogP contribution >= 0.6 is 27.7 Å². The van der Waals surface area contributed by atoms with Crippen LogP contribution in [0.25, 0.3) is 16.7 Å². The van der Waals surface area contributed by atoms with Crippen molar-refractivity contribution < 1.29 is 0 Å². The molecule has 0 N–H and O–H groups in total. The monoisotopic (exact) mass is 598 g/mol. The van der Waals surface area contributed by atoms with Crippen LogP contribution < -0.4 is 20.7 Å². The molecule has 0 saturated carbocycles. The highest BCUT2D eigenvalue weighted by atomic mass is 79.9. The number of thioether (sulfide) groups is 1. The normalized spacial score (nSPS) is 15.9. The van der Waals surface area contributed by atoms with Gasteiger partial charge in [0.15, 0.2) is 0 Å². The fraction of sp³-hybridized carbons (Fsp3) is 0.0556. The molecule has 0 radical (unpaired) electrons. The second kappa shape index (κ2) is 10.3. The smallest absolute Gasteiger partial charge is 0.0385 e. The molecular formula is C36H27BrSSi-. The molecule has 0 bridgehead atoms. The first kappa shape index (κ1) is 24.7. The Morgan fingerprint density at radius 3 is 1.97 bits per heavy atom. The summed E-state index contributed by atoms with van der Waals surface area (Å²) >= 11 is 5.86. The van der Waals surface area contributed by atoms with Gasteiger partial charge in [0.25, 0.3) is 0 Å². The van der Waals surface area contributed by atoms with Crippen molar-refractivity contribution in [1.29, 1.82) is 0 Å². The maximum Gasteiger partial charge on any atom is 0.0385 e. The van der Waals surface area contributed by atoms with Crippen LogP contribution in [0.15, 0.2) is 155 Å². The Bertz CT molecular complexity index is 1680. The summed E-state index contributed by atoms with van der Waals surface area (Å²) in [5, 5.41) is 6.10. The van der Waals surface area contributed by atoms with Crippen molar-refractivity contribution in [3.8, 4) is 11.1 Å². The van der Waals surface area contributed by atoms with Gasteiger partial charge in [0.2, 0.25) is 0 Å². The van der Waals surface area contributed by atoms with Crippen LogP contribution in [0.5, 0.6) is 0 Å². The van der Waals surface area contributed by atoms with Gasteiger partial charge in [-0.3, -0.25) is 0 Å². The summed E-state index contributed by atoms with van der Waals surface area (Å²) in [4.78, 5) is 1.42. The van der Waals surface area contributed by atoms with Gasteiger partial charge >= 0.3 is 0 Å². The highest BCUT2D eigenvalue weighted by molar-refractivity contribution is 9.10. The first-order chi connectivity index (χ1) is 19.3. The largest absolute Gasteiger partial charge is 0.171 e. The molecule has 0 saturated heterocycles. The van der Waals surface area contributed by atoms with Gasteiger partial charge in [-0.15, -0.1) is 11.8 Å². The molecule has 1 aliphatic heterocycles. The van der Waals surface area contributed by atoms with E-state index in [-0.39, 0.29) is 0 Å². The minimum Gasteiger partial charge on any atom is -0.171 e. The number of benzene rings is 5. The van der Waals surface area contributed by atoms with Crippen LogP contribution in [-0.2, 0) is 0 Å². The zero-order chi connectivity index (χ0) is 26.2. The SMILES string of the molecule is Brc1cccc([Si-](c2ccccc2)(c2ccccc2)c2ccccc2-c2cccc3c2SC2CC=CC=C32)c1. The van der Waals surface area contributed by atoms with Gasteiger partial charge in [0.1, 0.15) is 0 Å². The Morgan fingerprint density at radius 1 is 0.615 bits per heavy atom. The molecule has 0 spiro atoms. The van der Waals surface area contributed by atoms with Crippen LogP contribution in [0.4, 0.5) is 0 Å². The Labute approximate surface area is 244 Å². The predicted octanol–water partition coefficient (Wildman–Crippen LogP) is 7.31. The Morgan fingerprint density at radius 2 is 1.23 bits per heavy atom. The summed E-state index contributed by atoms with van der Waals surface area (Å²) in [6.07, 6.45) is 7.93. The summed E-state index contributed by atoms with van der Waals surface area (Å²) in [6, 6.07) is 47.5. The first-order valence-electron chi connectivity index (χ1n) is 13.4. The van der Waals surface area contributed by atoms with E-state index in [0.717, 1.165) is 10.9 Å². The van der Waals surface area contributed by atoms with Gasteiger partial charge in [-0.05, 0) is 42.8 Å². The summed E-state index contributed by atoms with van der Waals surface area (Å²) in [7, 11) is -2.70. The molecular weight excluding hydrogens is 572 g/mol. The predicted molar refractivity (Wildman–Crippen MR) is 175 cm³/mol. The van der Waals surface area contributed by atoms with E-state index >= 15 is 0 Å². The summed E-state index contributed by atoms with van der Waals surface area (Å²) in [5.74, 6) is 0. The van der Waals surface area contributed by atoms with Crippen molar-refractivity contribution >= 4 is 62.1 Å². The second-order valence-electron chi connectivity index (χ2n) is 10.1. The summed E-state index contributed by atoms with van der Waals surface area (Å²) in [6.45, 7) is 0. The average molecular weight is 600 g/mol. The fourth-order valence-electron chi connectivity index (χ4n) is 6.34. The maximum absolute atomic E-state index is 3.82. The lowest BCUT2D eigenvalue weighted by atomic mass is 9.94. The molecule has 1 aliphatic carbocycles. The highest BCUT2D eigenvalue weighted by Gasteiger charge is 2.33. The number of rotatable bonds is 5. The molecule has 0 fully saturated rings. The van der Waals surface area contributed by atoms with E-state index in [9.17, 15) is 0 Å². The van der Waals surface area contributed by atoms with Crippen molar-refractivity contribution in [2.24, 2.45) is 0 Å². The number of hydrogen-bond donors (Lipinski definition) is 0. The topological polar surface area (TPSA) is 0 Å². The molecule has 1 unspecified atom stereocenters. The lowest BCUT2D eigenvalue weighted by Gasteiger charge is -2.48. The van der Waals surface area contributed by atoms with Gasteiger partial charge in [-0.2, -0.15) is 20.7 Å². The lowest BCUT2D eigenvalue weighted by Crippen LogP contribution is -2.75. The van der Waals surface area contributed by atoms with E-state index in [1.54, 1.807) is 0 Å². The first-order valence-corrected chi connectivity index (χ1v) is 17.1. The van der Waals surface area contributed by atoms with Crippen LogP contribution in [0.3, 0.4) is 0 Å². The molecule has 1 atom stereocenters. The molecule has 1 heterocycles. The lowest BCUT2D eigenvalue weighted by molar-refractivity contribution is 1.09. The molecule has 7 rings (SSSR count). The molecule has 0 amide bonds. The molecule has 2 aliphatic rings. The minimum atomic E-state index is -2.70. The number of allylic oxidation sites excluding steroid dienone is 3. The second-order valence-corrected chi connectivity index (χ2v) is 16.0. The van der Waals surface area contributed by atoms with Gasteiger partial charge in [0, 0.05) is 14.6 Å². The Hall–Kier alpha value is -3.37. The zero-order valence-corrected chi connectivity index (χ0v) is 24.8. The third kappa shape index (κ3) is 4.12. The van der Waals surface area contributed by atoms with E-state index in [1.165, 1.54) is 47.9 Å². The Kier molecular flexibility index (Phi) is 6.52. The molecule has 5 aromatic rings. The van der Waals surface area contributed by atoms with Crippen molar-refractivity contribution in [1.82, 2.24) is 0 Å². The summed E-state index contributed by atoms with van der Waals surface area (Å²) in [5.41, 5.74) is 5.56. The minimum absolute atomic E-state index is 0.508. The van der Waals surface area contributed by atoms with E-state index < -0.39 is 8.07 Å². The molecule has 189 valence electrons. The van der Waals surface area contributed by atoms with E-state index in [1.807, 2.05) is 11.8 Å². The quantitative estimate of drug-likeness (QED) is 0.151. The van der Waals surface area contributed by atoms with Gasteiger partial charge in [0.05, 0.1) is 0 Å². The number of fused-ring (bicyclic) bond motifs is 3. The van der Waals surface area contributed by atoms with Crippen LogP contribution in [0, 0.1) is 0 Å². The van der Waals surface area contributed by atoms with Gasteiger partial charge in [-0.25, -0.2) is 0 Å². The van der Waals surface area contributed by atoms with Gasteiger partial charge in [-0.1, -0.05) is 155 Å². The maximum atomic E-state index is 3.82. The Balaban J connectivity index is 1.57. The third-order valence-electron chi connectivity index (χ3n) is 7.99.